The fraction of sp³-hybridized carbons (Fsp3) is 0.556. The number of rotatable bonds is 6. The van der Waals surface area contributed by atoms with E-state index >= 15 is 0 Å². The van der Waals surface area contributed by atoms with E-state index in [2.05, 4.69) is 10.2 Å². The molecule has 2 atom stereocenters. The molecule has 0 radical (unpaired) electrons. The number of likely N-dealkylation sites (tertiary alicyclic amines) is 1. The Morgan fingerprint density at radius 3 is 2.76 bits per heavy atom. The molecule has 25 heavy (non-hydrogen) atoms. The summed E-state index contributed by atoms with van der Waals surface area (Å²) in [4.78, 5) is 27.5. The lowest BCUT2D eigenvalue weighted by Crippen LogP contribution is -2.43. The van der Waals surface area contributed by atoms with Crippen molar-refractivity contribution in [3.05, 3.63) is 29.3 Å². The number of carboxylic acids is 1. The van der Waals surface area contributed by atoms with Gasteiger partial charge in [-0.1, -0.05) is 23.7 Å². The first-order chi connectivity index (χ1) is 11.9. The second-order valence-electron chi connectivity index (χ2n) is 6.57. The summed E-state index contributed by atoms with van der Waals surface area (Å²) < 4.78 is 0. The molecule has 2 N–H and O–H groups in total. The zero-order valence-electron chi connectivity index (χ0n) is 14.7. The molecule has 1 saturated heterocycles. The summed E-state index contributed by atoms with van der Waals surface area (Å²) in [5.41, 5.74) is 0.620. The molecule has 0 saturated carbocycles. The number of carbonyl (C=O) groups is 2. The number of para-hydroxylation sites is 1. The van der Waals surface area contributed by atoms with E-state index in [9.17, 15) is 9.59 Å². The van der Waals surface area contributed by atoms with Gasteiger partial charge in [-0.3, -0.25) is 19.4 Å². The van der Waals surface area contributed by atoms with Gasteiger partial charge in [-0.25, -0.2) is 0 Å². The molecule has 1 aliphatic rings. The van der Waals surface area contributed by atoms with E-state index in [1.807, 2.05) is 31.0 Å². The van der Waals surface area contributed by atoms with E-state index in [0.717, 1.165) is 32.4 Å². The van der Waals surface area contributed by atoms with Gasteiger partial charge >= 0.3 is 5.97 Å². The smallest absolute Gasteiger partial charge is 0.317 e. The summed E-state index contributed by atoms with van der Waals surface area (Å²) >= 11 is 6.10. The van der Waals surface area contributed by atoms with Gasteiger partial charge in [-0.2, -0.15) is 0 Å². The normalized spacial score (nSPS) is 20.1. The minimum atomic E-state index is -0.809. The van der Waals surface area contributed by atoms with Crippen molar-refractivity contribution < 1.29 is 14.7 Å². The highest BCUT2D eigenvalue weighted by molar-refractivity contribution is 6.33. The van der Waals surface area contributed by atoms with Crippen LogP contribution < -0.4 is 5.32 Å². The number of hydrogen-bond donors (Lipinski definition) is 2. The van der Waals surface area contributed by atoms with Crippen molar-refractivity contribution >= 4 is 29.2 Å². The maximum atomic E-state index is 12.5. The minimum Gasteiger partial charge on any atom is -0.480 e. The predicted octanol–water partition coefficient (Wildman–Crippen LogP) is 2.54. The molecule has 1 aromatic carbocycles. The Labute approximate surface area is 153 Å². The van der Waals surface area contributed by atoms with Crippen LogP contribution in [0.5, 0.6) is 0 Å². The van der Waals surface area contributed by atoms with Crippen LogP contribution in [-0.4, -0.2) is 65.5 Å². The summed E-state index contributed by atoms with van der Waals surface area (Å²) in [6.45, 7) is 3.54. The van der Waals surface area contributed by atoms with Crippen molar-refractivity contribution in [2.75, 3.05) is 32.0 Å². The first-order valence-corrected chi connectivity index (χ1v) is 8.97. The first kappa shape index (κ1) is 19.7. The SMILES string of the molecule is CC(C(=O)Nc1ccccc1Cl)N1CCCC(N(C)CC(=O)O)CC1. The molecule has 7 heteroatoms. The van der Waals surface area contributed by atoms with Crippen LogP contribution in [0.25, 0.3) is 0 Å². The number of nitrogens with zero attached hydrogens (tertiary/aromatic N) is 2. The summed E-state index contributed by atoms with van der Waals surface area (Å²) in [6.07, 6.45) is 2.74. The molecule has 0 aromatic heterocycles. The average Bonchev–Trinajstić information content (AvgIpc) is 2.81. The monoisotopic (exact) mass is 367 g/mol. The number of halogens is 1. The number of hydrogen-bond acceptors (Lipinski definition) is 4. The van der Waals surface area contributed by atoms with E-state index in [1.54, 1.807) is 12.1 Å². The molecule has 1 aromatic rings. The van der Waals surface area contributed by atoms with Gasteiger partial charge in [0.25, 0.3) is 0 Å². The van der Waals surface area contributed by atoms with Crippen molar-refractivity contribution in [3.8, 4) is 0 Å². The molecule has 1 amide bonds. The van der Waals surface area contributed by atoms with Gasteiger partial charge < -0.3 is 10.4 Å². The molecular weight excluding hydrogens is 342 g/mol. The Morgan fingerprint density at radius 2 is 2.08 bits per heavy atom. The van der Waals surface area contributed by atoms with Gasteiger partial charge in [0, 0.05) is 12.6 Å². The third-order valence-corrected chi connectivity index (χ3v) is 5.13. The van der Waals surface area contributed by atoms with Crippen molar-refractivity contribution in [1.82, 2.24) is 9.80 Å². The van der Waals surface area contributed by atoms with Crippen molar-refractivity contribution in [1.29, 1.82) is 0 Å². The fourth-order valence-electron chi connectivity index (χ4n) is 3.24. The number of carboxylic acid groups (broad SMARTS) is 1. The molecule has 1 aliphatic heterocycles. The zero-order valence-corrected chi connectivity index (χ0v) is 15.5. The molecule has 1 fully saturated rings. The Hall–Kier alpha value is -1.63. The van der Waals surface area contributed by atoms with Crippen LogP contribution in [0.15, 0.2) is 24.3 Å². The lowest BCUT2D eigenvalue weighted by molar-refractivity contribution is -0.138. The standard InChI is InChI=1S/C18H26ClN3O3/c1-13(18(25)20-16-8-4-3-7-15(16)19)22-10-5-6-14(9-11-22)21(2)12-17(23)24/h3-4,7-8,13-14H,5-6,9-12H2,1-2H3,(H,20,25)(H,23,24). The Morgan fingerprint density at radius 1 is 1.36 bits per heavy atom. The number of likely N-dealkylation sites (N-methyl/N-ethyl adjacent to an activating group) is 1. The highest BCUT2D eigenvalue weighted by Crippen LogP contribution is 2.22. The third-order valence-electron chi connectivity index (χ3n) is 4.80. The van der Waals surface area contributed by atoms with Crippen LogP contribution in [0.1, 0.15) is 26.2 Å². The van der Waals surface area contributed by atoms with Crippen molar-refractivity contribution in [2.45, 2.75) is 38.3 Å². The van der Waals surface area contributed by atoms with Gasteiger partial charge in [0.05, 0.1) is 23.3 Å². The highest BCUT2D eigenvalue weighted by Gasteiger charge is 2.27. The van der Waals surface area contributed by atoms with E-state index in [0.29, 0.717) is 10.7 Å². The molecule has 2 unspecified atom stereocenters. The van der Waals surface area contributed by atoms with Gasteiger partial charge in [0.2, 0.25) is 5.91 Å². The summed E-state index contributed by atoms with van der Waals surface area (Å²) in [5, 5.41) is 12.4. The number of anilines is 1. The summed E-state index contributed by atoms with van der Waals surface area (Å²) in [7, 11) is 1.85. The third kappa shape index (κ3) is 5.70. The lowest BCUT2D eigenvalue weighted by Gasteiger charge is -2.28. The van der Waals surface area contributed by atoms with Crippen LogP contribution >= 0.6 is 11.6 Å². The van der Waals surface area contributed by atoms with Crippen LogP contribution in [0, 0.1) is 0 Å². The van der Waals surface area contributed by atoms with Crippen LogP contribution in [-0.2, 0) is 9.59 Å². The molecular formula is C18H26ClN3O3. The van der Waals surface area contributed by atoms with Gasteiger partial charge in [-0.05, 0) is 51.9 Å². The Balaban J connectivity index is 1.91. The first-order valence-electron chi connectivity index (χ1n) is 8.60. The van der Waals surface area contributed by atoms with Crippen LogP contribution in [0.3, 0.4) is 0 Å². The maximum absolute atomic E-state index is 12.5. The number of amides is 1. The number of nitrogens with one attached hydrogen (secondary N) is 1. The Kier molecular flexibility index (Phi) is 7.23. The van der Waals surface area contributed by atoms with Crippen molar-refractivity contribution in [3.63, 3.8) is 0 Å². The second kappa shape index (κ2) is 9.17. The fourth-order valence-corrected chi connectivity index (χ4v) is 3.42. The predicted molar refractivity (Wildman–Crippen MR) is 99.0 cm³/mol. The van der Waals surface area contributed by atoms with E-state index in [1.165, 1.54) is 0 Å². The molecule has 0 bridgehead atoms. The zero-order chi connectivity index (χ0) is 18.4. The molecule has 138 valence electrons. The molecule has 2 rings (SSSR count). The largest absolute Gasteiger partial charge is 0.480 e. The molecule has 0 aliphatic carbocycles. The molecule has 1 heterocycles. The lowest BCUT2D eigenvalue weighted by atomic mass is 10.1. The quantitative estimate of drug-likeness (QED) is 0.808. The minimum absolute atomic E-state index is 0.0488. The van der Waals surface area contributed by atoms with Gasteiger partial charge in [0.1, 0.15) is 0 Å². The van der Waals surface area contributed by atoms with Gasteiger partial charge in [-0.15, -0.1) is 0 Å². The average molecular weight is 368 g/mol. The molecule has 0 spiro atoms. The van der Waals surface area contributed by atoms with Crippen LogP contribution in [0.2, 0.25) is 5.02 Å². The van der Waals surface area contributed by atoms with Crippen molar-refractivity contribution in [2.24, 2.45) is 0 Å². The molecule has 6 nitrogen and oxygen atoms in total. The second-order valence-corrected chi connectivity index (χ2v) is 6.98. The van der Waals surface area contributed by atoms with Gasteiger partial charge in [0.15, 0.2) is 0 Å². The highest BCUT2D eigenvalue weighted by atomic mass is 35.5. The topological polar surface area (TPSA) is 72.9 Å². The van der Waals surface area contributed by atoms with E-state index in [-0.39, 0.29) is 24.5 Å². The number of carbonyl (C=O) groups excluding carboxylic acids is 1. The van der Waals surface area contributed by atoms with E-state index in [4.69, 9.17) is 16.7 Å². The summed E-state index contributed by atoms with van der Waals surface area (Å²) in [5.74, 6) is -0.887. The van der Waals surface area contributed by atoms with Crippen LogP contribution in [0.4, 0.5) is 5.69 Å². The Bertz CT molecular complexity index is 611. The number of aliphatic carboxylic acids is 1. The summed E-state index contributed by atoms with van der Waals surface area (Å²) in [6, 6.07) is 7.16. The van der Waals surface area contributed by atoms with E-state index < -0.39 is 5.97 Å². The number of benzene rings is 1. The maximum Gasteiger partial charge on any atom is 0.317 e.